The van der Waals surface area contributed by atoms with Crippen molar-refractivity contribution in [1.82, 2.24) is 15.0 Å². The van der Waals surface area contributed by atoms with Crippen LogP contribution >= 0.6 is 0 Å². The first kappa shape index (κ1) is 22.6. The van der Waals surface area contributed by atoms with Crippen molar-refractivity contribution >= 4 is 0 Å². The van der Waals surface area contributed by atoms with Gasteiger partial charge in [0.2, 0.25) is 0 Å². The molecule has 0 unspecified atom stereocenters. The lowest BCUT2D eigenvalue weighted by atomic mass is 10.1. The number of hydrogen-bond acceptors (Lipinski definition) is 4. The van der Waals surface area contributed by atoms with Crippen molar-refractivity contribution in [1.29, 1.82) is 0 Å². The van der Waals surface area contributed by atoms with Gasteiger partial charge < -0.3 is 5.73 Å². The second-order valence-corrected chi connectivity index (χ2v) is 6.91. The molecule has 0 aliphatic carbocycles. The van der Waals surface area contributed by atoms with Gasteiger partial charge in [-0.25, -0.2) is 19.3 Å². The Balaban J connectivity index is 0.000000427. The molecular weight excluding hydrogens is 399 g/mol. The van der Waals surface area contributed by atoms with E-state index in [2.05, 4.69) is 15.0 Å². The van der Waals surface area contributed by atoms with Gasteiger partial charge in [-0.2, -0.15) is 0 Å². The summed E-state index contributed by atoms with van der Waals surface area (Å²) in [5.74, 6) is 1.48. The van der Waals surface area contributed by atoms with Crippen molar-refractivity contribution in [2.24, 2.45) is 5.73 Å². The highest BCUT2D eigenvalue weighted by Crippen LogP contribution is 2.25. The third-order valence-corrected chi connectivity index (χ3v) is 4.53. The van der Waals surface area contributed by atoms with Gasteiger partial charge in [0, 0.05) is 16.7 Å². The average molecular weight is 425 g/mol. The van der Waals surface area contributed by atoms with Crippen LogP contribution in [0.25, 0.3) is 34.2 Å². The van der Waals surface area contributed by atoms with Crippen LogP contribution in [0.2, 0.25) is 0 Å². The SMILES string of the molecule is C/C=C\C=C/N.Cc1cc(-c2nc(-c3ccccc3)nc(-c3ccccc3)n2)ccc1F. The van der Waals surface area contributed by atoms with Crippen molar-refractivity contribution < 1.29 is 4.39 Å². The summed E-state index contributed by atoms with van der Waals surface area (Å²) in [4.78, 5) is 13.9. The van der Waals surface area contributed by atoms with E-state index in [0.717, 1.165) is 16.7 Å². The second-order valence-electron chi connectivity index (χ2n) is 6.91. The number of allylic oxidation sites excluding steroid dienone is 3. The number of halogens is 1. The molecule has 1 heterocycles. The smallest absolute Gasteiger partial charge is 0.164 e. The molecule has 0 bridgehead atoms. The molecule has 4 rings (SSSR count). The monoisotopic (exact) mass is 424 g/mol. The molecule has 0 aliphatic rings. The zero-order chi connectivity index (χ0) is 22.8. The van der Waals surface area contributed by atoms with E-state index < -0.39 is 0 Å². The fourth-order valence-electron chi connectivity index (χ4n) is 2.90. The number of aromatic nitrogens is 3. The molecule has 0 spiro atoms. The first-order valence-electron chi connectivity index (χ1n) is 10.3. The largest absolute Gasteiger partial charge is 0.405 e. The molecule has 3 aromatic carbocycles. The maximum atomic E-state index is 13.6. The number of benzene rings is 3. The predicted molar refractivity (Wildman–Crippen MR) is 129 cm³/mol. The van der Waals surface area contributed by atoms with Gasteiger partial charge in [-0.15, -0.1) is 0 Å². The van der Waals surface area contributed by atoms with Crippen molar-refractivity contribution in [3.8, 4) is 34.2 Å². The van der Waals surface area contributed by atoms with Gasteiger partial charge in [-0.1, -0.05) is 72.8 Å². The van der Waals surface area contributed by atoms with Crippen LogP contribution in [0.3, 0.4) is 0 Å². The summed E-state index contributed by atoms with van der Waals surface area (Å²) >= 11 is 0. The van der Waals surface area contributed by atoms with E-state index in [-0.39, 0.29) is 5.82 Å². The highest BCUT2D eigenvalue weighted by atomic mass is 19.1. The van der Waals surface area contributed by atoms with E-state index in [4.69, 9.17) is 5.73 Å². The summed E-state index contributed by atoms with van der Waals surface area (Å²) in [6.07, 6.45) is 7.07. The average Bonchev–Trinajstić information content (AvgIpc) is 2.85. The molecule has 160 valence electrons. The van der Waals surface area contributed by atoms with Crippen LogP contribution in [-0.2, 0) is 0 Å². The van der Waals surface area contributed by atoms with E-state index in [1.807, 2.05) is 79.7 Å². The molecule has 0 amide bonds. The Hall–Kier alpha value is -4.12. The summed E-state index contributed by atoms with van der Waals surface area (Å²) in [6, 6.07) is 24.4. The Morgan fingerprint density at radius 1 is 0.688 bits per heavy atom. The van der Waals surface area contributed by atoms with Gasteiger partial charge >= 0.3 is 0 Å². The minimum Gasteiger partial charge on any atom is -0.405 e. The Labute approximate surface area is 188 Å². The van der Waals surface area contributed by atoms with Crippen LogP contribution in [-0.4, -0.2) is 15.0 Å². The van der Waals surface area contributed by atoms with Crippen LogP contribution in [0.1, 0.15) is 12.5 Å². The maximum Gasteiger partial charge on any atom is 0.164 e. The van der Waals surface area contributed by atoms with Crippen molar-refractivity contribution in [3.05, 3.63) is 115 Å². The zero-order valence-electron chi connectivity index (χ0n) is 18.1. The van der Waals surface area contributed by atoms with Crippen molar-refractivity contribution in [2.75, 3.05) is 0 Å². The molecule has 0 aliphatic heterocycles. The number of nitrogens with two attached hydrogens (primary N) is 1. The molecule has 0 radical (unpaired) electrons. The molecule has 4 aromatic rings. The summed E-state index contributed by atoms with van der Waals surface area (Å²) in [6.45, 7) is 3.68. The number of nitrogens with zero attached hydrogens (tertiary/aromatic N) is 3. The highest BCUT2D eigenvalue weighted by Gasteiger charge is 2.12. The molecule has 5 heteroatoms. The fraction of sp³-hybridized carbons (Fsp3) is 0.0741. The summed E-state index contributed by atoms with van der Waals surface area (Å²) in [5.41, 5.74) is 8.13. The quantitative estimate of drug-likeness (QED) is 0.387. The minimum absolute atomic E-state index is 0.241. The molecule has 2 N–H and O–H groups in total. The Morgan fingerprint density at radius 2 is 1.19 bits per heavy atom. The molecule has 0 saturated carbocycles. The van der Waals surface area contributed by atoms with Crippen LogP contribution in [0.15, 0.2) is 103 Å². The van der Waals surface area contributed by atoms with Crippen LogP contribution in [0.4, 0.5) is 4.39 Å². The van der Waals surface area contributed by atoms with Gasteiger partial charge in [0.25, 0.3) is 0 Å². The van der Waals surface area contributed by atoms with Crippen LogP contribution in [0, 0.1) is 12.7 Å². The lowest BCUT2D eigenvalue weighted by Gasteiger charge is -2.09. The Kier molecular flexibility index (Phi) is 7.98. The Morgan fingerprint density at radius 3 is 1.59 bits per heavy atom. The molecule has 0 saturated heterocycles. The molecule has 4 nitrogen and oxygen atoms in total. The number of aryl methyl sites for hydroxylation is 1. The van der Waals surface area contributed by atoms with Gasteiger partial charge in [-0.05, 0) is 49.9 Å². The minimum atomic E-state index is -0.241. The molecule has 0 fully saturated rings. The normalized spacial score (nSPS) is 10.8. The van der Waals surface area contributed by atoms with Crippen LogP contribution < -0.4 is 5.73 Å². The molecule has 0 atom stereocenters. The third-order valence-electron chi connectivity index (χ3n) is 4.53. The summed E-state index contributed by atoms with van der Waals surface area (Å²) < 4.78 is 13.6. The van der Waals surface area contributed by atoms with Gasteiger partial charge in [0.15, 0.2) is 17.5 Å². The maximum absolute atomic E-state index is 13.6. The van der Waals surface area contributed by atoms with E-state index in [1.54, 1.807) is 25.1 Å². The number of rotatable bonds is 4. The van der Waals surface area contributed by atoms with E-state index >= 15 is 0 Å². The lowest BCUT2D eigenvalue weighted by molar-refractivity contribution is 0.618. The molecular formula is C27H25FN4. The fourth-order valence-corrected chi connectivity index (χ4v) is 2.90. The summed E-state index contributed by atoms with van der Waals surface area (Å²) in [7, 11) is 0. The third kappa shape index (κ3) is 5.95. The molecule has 1 aromatic heterocycles. The Bertz CT molecular complexity index is 1140. The van der Waals surface area contributed by atoms with Crippen molar-refractivity contribution in [2.45, 2.75) is 13.8 Å². The standard InChI is InChI=1S/C22H16FN3.C5H9N/c1-15-14-18(12-13-19(15)23)22-25-20(16-8-4-2-5-9-16)24-21(26-22)17-10-6-3-7-11-17;1-2-3-4-5-6/h2-14H,1H3;2-5H,6H2,1H3/b;3-2-,5-4-. The van der Waals surface area contributed by atoms with E-state index in [1.165, 1.54) is 12.3 Å². The lowest BCUT2D eigenvalue weighted by Crippen LogP contribution is -2.00. The second kappa shape index (κ2) is 11.3. The van der Waals surface area contributed by atoms with Crippen LogP contribution in [0.5, 0.6) is 0 Å². The predicted octanol–water partition coefficient (Wildman–Crippen LogP) is 6.36. The summed E-state index contributed by atoms with van der Waals surface area (Å²) in [5, 5.41) is 0. The first-order chi connectivity index (χ1) is 15.6. The van der Waals surface area contributed by atoms with E-state index in [0.29, 0.717) is 23.0 Å². The van der Waals surface area contributed by atoms with Crippen molar-refractivity contribution in [3.63, 3.8) is 0 Å². The molecule has 32 heavy (non-hydrogen) atoms. The topological polar surface area (TPSA) is 64.7 Å². The van der Waals surface area contributed by atoms with Gasteiger partial charge in [-0.3, -0.25) is 0 Å². The van der Waals surface area contributed by atoms with Gasteiger partial charge in [0.05, 0.1) is 0 Å². The number of hydrogen-bond donors (Lipinski definition) is 1. The van der Waals surface area contributed by atoms with Gasteiger partial charge in [0.1, 0.15) is 5.82 Å². The zero-order valence-corrected chi connectivity index (χ0v) is 18.1. The van der Waals surface area contributed by atoms with E-state index in [9.17, 15) is 4.39 Å². The highest BCUT2D eigenvalue weighted by molar-refractivity contribution is 5.66. The first-order valence-corrected chi connectivity index (χ1v) is 10.3.